The SMILES string of the molecule is Cc1ccc([C@H]2Cn3cnc(C(=O)N4CCC(C(=O)N5CCCCC5)CC4)c3CO2)cc1. The molecule has 3 aliphatic rings. The summed E-state index contributed by atoms with van der Waals surface area (Å²) in [5.74, 6) is 0.290. The van der Waals surface area contributed by atoms with Crippen LogP contribution in [0.25, 0.3) is 0 Å². The van der Waals surface area contributed by atoms with Gasteiger partial charge in [-0.1, -0.05) is 29.8 Å². The number of carbonyl (C=O) groups excluding carboxylic acids is 2. The predicted octanol–water partition coefficient (Wildman–Crippen LogP) is 3.33. The third-order valence-corrected chi connectivity index (χ3v) is 7.18. The Morgan fingerprint density at radius 3 is 2.41 bits per heavy atom. The molecule has 170 valence electrons. The molecule has 2 fully saturated rings. The molecular formula is C25H32N4O3. The van der Waals surface area contributed by atoms with E-state index in [1.807, 2.05) is 14.4 Å². The molecule has 7 heteroatoms. The number of ether oxygens (including phenoxy) is 1. The van der Waals surface area contributed by atoms with Gasteiger partial charge in [-0.05, 0) is 44.6 Å². The molecule has 0 radical (unpaired) electrons. The van der Waals surface area contributed by atoms with Crippen molar-refractivity contribution in [1.29, 1.82) is 0 Å². The fourth-order valence-electron chi connectivity index (χ4n) is 5.14. The van der Waals surface area contributed by atoms with Gasteiger partial charge in [0.15, 0.2) is 5.69 Å². The molecule has 2 saturated heterocycles. The van der Waals surface area contributed by atoms with E-state index < -0.39 is 0 Å². The highest BCUT2D eigenvalue weighted by Crippen LogP contribution is 2.29. The first-order valence-corrected chi connectivity index (χ1v) is 11.9. The van der Waals surface area contributed by atoms with E-state index in [1.165, 1.54) is 12.0 Å². The average Bonchev–Trinajstić information content (AvgIpc) is 3.27. The third kappa shape index (κ3) is 4.18. The van der Waals surface area contributed by atoms with Gasteiger partial charge < -0.3 is 19.1 Å². The zero-order valence-corrected chi connectivity index (χ0v) is 18.8. The maximum atomic E-state index is 13.2. The third-order valence-electron chi connectivity index (χ3n) is 7.18. The van der Waals surface area contributed by atoms with Gasteiger partial charge >= 0.3 is 0 Å². The minimum absolute atomic E-state index is 0.0307. The number of amides is 2. The summed E-state index contributed by atoms with van der Waals surface area (Å²) in [5.41, 5.74) is 3.71. The Hall–Kier alpha value is -2.67. The minimum Gasteiger partial charge on any atom is -0.365 e. The standard InChI is InChI=1S/C25H32N4O3/c1-18-5-7-19(8-6-18)22-15-29-17-26-23(21(29)16-32-22)25(31)28-13-9-20(10-14-28)24(30)27-11-3-2-4-12-27/h5-8,17,20,22H,2-4,9-16H2,1H3/t22-/m1/s1. The number of hydrogen-bond donors (Lipinski definition) is 0. The quantitative estimate of drug-likeness (QED) is 0.740. The van der Waals surface area contributed by atoms with Crippen molar-refractivity contribution < 1.29 is 14.3 Å². The summed E-state index contributed by atoms with van der Waals surface area (Å²) in [6, 6.07) is 8.39. The van der Waals surface area contributed by atoms with E-state index in [1.54, 1.807) is 6.33 Å². The Morgan fingerprint density at radius 2 is 1.69 bits per heavy atom. The predicted molar refractivity (Wildman–Crippen MR) is 120 cm³/mol. The molecule has 0 saturated carbocycles. The van der Waals surface area contributed by atoms with E-state index in [9.17, 15) is 9.59 Å². The summed E-state index contributed by atoms with van der Waals surface area (Å²) in [4.78, 5) is 34.3. The zero-order chi connectivity index (χ0) is 22.1. The molecule has 2 aromatic rings. The highest BCUT2D eigenvalue weighted by Gasteiger charge is 2.33. The fraction of sp³-hybridized carbons (Fsp3) is 0.560. The smallest absolute Gasteiger partial charge is 0.274 e. The molecule has 0 spiro atoms. The molecule has 1 atom stereocenters. The normalized spacial score (nSPS) is 22.0. The number of likely N-dealkylation sites (tertiary alicyclic amines) is 2. The molecule has 32 heavy (non-hydrogen) atoms. The van der Waals surface area contributed by atoms with Crippen molar-refractivity contribution in [1.82, 2.24) is 19.4 Å². The molecule has 3 aliphatic heterocycles. The number of imidazole rings is 1. The number of fused-ring (bicyclic) bond motifs is 1. The number of aromatic nitrogens is 2. The van der Waals surface area contributed by atoms with Crippen molar-refractivity contribution in [3.8, 4) is 0 Å². The fourth-order valence-corrected chi connectivity index (χ4v) is 5.14. The van der Waals surface area contributed by atoms with Crippen LogP contribution in [-0.4, -0.2) is 57.3 Å². The van der Waals surface area contributed by atoms with Crippen LogP contribution in [0.4, 0.5) is 0 Å². The van der Waals surface area contributed by atoms with Gasteiger partial charge in [0.1, 0.15) is 6.10 Å². The highest BCUT2D eigenvalue weighted by molar-refractivity contribution is 5.93. The molecule has 5 rings (SSSR count). The number of rotatable bonds is 3. The number of nitrogens with zero attached hydrogens (tertiary/aromatic N) is 4. The van der Waals surface area contributed by atoms with Crippen LogP contribution in [-0.2, 0) is 22.7 Å². The zero-order valence-electron chi connectivity index (χ0n) is 18.8. The van der Waals surface area contributed by atoms with Gasteiger partial charge in [-0.2, -0.15) is 0 Å². The van der Waals surface area contributed by atoms with Crippen molar-refractivity contribution in [2.75, 3.05) is 26.2 Å². The van der Waals surface area contributed by atoms with Crippen LogP contribution in [0.1, 0.15) is 65.5 Å². The van der Waals surface area contributed by atoms with Crippen LogP contribution < -0.4 is 0 Å². The average molecular weight is 437 g/mol. The molecule has 7 nitrogen and oxygen atoms in total. The van der Waals surface area contributed by atoms with Crippen molar-refractivity contribution >= 4 is 11.8 Å². The summed E-state index contributed by atoms with van der Waals surface area (Å²) in [6.45, 7) is 6.12. The molecule has 4 heterocycles. The Morgan fingerprint density at radius 1 is 0.969 bits per heavy atom. The van der Waals surface area contributed by atoms with E-state index in [0.717, 1.165) is 50.0 Å². The first-order chi connectivity index (χ1) is 15.6. The molecule has 0 aliphatic carbocycles. The first kappa shape index (κ1) is 21.2. The number of carbonyl (C=O) groups is 2. The van der Waals surface area contributed by atoms with Gasteiger partial charge in [-0.15, -0.1) is 0 Å². The monoisotopic (exact) mass is 436 g/mol. The lowest BCUT2D eigenvalue weighted by atomic mass is 9.94. The minimum atomic E-state index is -0.0417. The maximum absolute atomic E-state index is 13.2. The summed E-state index contributed by atoms with van der Waals surface area (Å²) < 4.78 is 8.15. The Bertz CT molecular complexity index is 970. The first-order valence-electron chi connectivity index (χ1n) is 11.9. The largest absolute Gasteiger partial charge is 0.365 e. The molecular weight excluding hydrogens is 404 g/mol. The summed E-state index contributed by atoms with van der Waals surface area (Å²) in [6.07, 6.45) is 6.66. The van der Waals surface area contributed by atoms with Crippen molar-refractivity contribution in [3.05, 3.63) is 53.1 Å². The van der Waals surface area contributed by atoms with E-state index in [-0.39, 0.29) is 23.8 Å². The molecule has 1 aromatic heterocycles. The van der Waals surface area contributed by atoms with Crippen LogP contribution in [0.15, 0.2) is 30.6 Å². The van der Waals surface area contributed by atoms with Gasteiger partial charge in [0, 0.05) is 32.1 Å². The van der Waals surface area contributed by atoms with Gasteiger partial charge in [-0.3, -0.25) is 9.59 Å². The Kier molecular flexibility index (Phi) is 6.00. The van der Waals surface area contributed by atoms with E-state index in [4.69, 9.17) is 4.74 Å². The summed E-state index contributed by atoms with van der Waals surface area (Å²) in [7, 11) is 0. The Labute approximate surface area is 189 Å². The molecule has 0 bridgehead atoms. The van der Waals surface area contributed by atoms with Crippen LogP contribution in [0.2, 0.25) is 0 Å². The number of benzene rings is 1. The lowest BCUT2D eigenvalue weighted by Crippen LogP contribution is -2.46. The molecule has 2 amide bonds. The second kappa shape index (κ2) is 9.06. The lowest BCUT2D eigenvalue weighted by molar-refractivity contribution is -0.137. The summed E-state index contributed by atoms with van der Waals surface area (Å²) >= 11 is 0. The molecule has 0 N–H and O–H groups in total. The van der Waals surface area contributed by atoms with Gasteiger partial charge in [0.2, 0.25) is 5.91 Å². The van der Waals surface area contributed by atoms with E-state index in [2.05, 4.69) is 36.2 Å². The van der Waals surface area contributed by atoms with Gasteiger partial charge in [0.25, 0.3) is 5.91 Å². The van der Waals surface area contributed by atoms with Gasteiger partial charge in [-0.25, -0.2) is 4.98 Å². The van der Waals surface area contributed by atoms with Crippen LogP contribution in [0.5, 0.6) is 0 Å². The number of piperidine rings is 2. The van der Waals surface area contributed by atoms with Crippen LogP contribution in [0.3, 0.4) is 0 Å². The van der Waals surface area contributed by atoms with E-state index >= 15 is 0 Å². The maximum Gasteiger partial charge on any atom is 0.274 e. The lowest BCUT2D eigenvalue weighted by Gasteiger charge is -2.35. The molecule has 1 aromatic carbocycles. The Balaban J connectivity index is 1.20. The topological polar surface area (TPSA) is 67.7 Å². The highest BCUT2D eigenvalue weighted by atomic mass is 16.5. The van der Waals surface area contributed by atoms with Crippen molar-refractivity contribution in [2.24, 2.45) is 5.92 Å². The molecule has 0 unspecified atom stereocenters. The summed E-state index contributed by atoms with van der Waals surface area (Å²) in [5, 5.41) is 0. The van der Waals surface area contributed by atoms with Gasteiger partial charge in [0.05, 0.1) is 25.2 Å². The second-order valence-corrected chi connectivity index (χ2v) is 9.35. The second-order valence-electron chi connectivity index (χ2n) is 9.35. The number of aryl methyl sites for hydroxylation is 1. The van der Waals surface area contributed by atoms with E-state index in [0.29, 0.717) is 31.9 Å². The number of hydrogen-bond acceptors (Lipinski definition) is 4. The van der Waals surface area contributed by atoms with Crippen LogP contribution >= 0.6 is 0 Å². The van der Waals surface area contributed by atoms with Crippen molar-refractivity contribution in [2.45, 2.75) is 58.3 Å². The van der Waals surface area contributed by atoms with Crippen molar-refractivity contribution in [3.63, 3.8) is 0 Å². The van der Waals surface area contributed by atoms with Crippen LogP contribution in [0, 0.1) is 12.8 Å².